The van der Waals surface area contributed by atoms with Gasteiger partial charge in [0.05, 0.1) is 12.1 Å². The lowest BCUT2D eigenvalue weighted by Crippen LogP contribution is -2.41. The van der Waals surface area contributed by atoms with Crippen molar-refractivity contribution in [3.63, 3.8) is 0 Å². The number of nitrogens with one attached hydrogen (secondary N) is 2. The zero-order valence-corrected chi connectivity index (χ0v) is 5.92. The van der Waals surface area contributed by atoms with E-state index < -0.39 is 6.10 Å². The van der Waals surface area contributed by atoms with E-state index in [1.54, 1.807) is 0 Å². The van der Waals surface area contributed by atoms with Crippen LogP contribution < -0.4 is 10.6 Å². The maximum Gasteiger partial charge on any atom is 0.217 e. The number of carbonyl (C=O) groups excluding carboxylic acids is 1. The van der Waals surface area contributed by atoms with E-state index in [0.29, 0.717) is 13.1 Å². The van der Waals surface area contributed by atoms with Crippen molar-refractivity contribution in [1.82, 2.24) is 10.6 Å². The van der Waals surface area contributed by atoms with Gasteiger partial charge in [0.25, 0.3) is 0 Å². The summed E-state index contributed by atoms with van der Waals surface area (Å²) in [6, 6.07) is -0.0995. The number of hydrogen-bond acceptors (Lipinski definition) is 3. The third-order valence-corrected chi connectivity index (χ3v) is 1.57. The third kappa shape index (κ3) is 1.68. The van der Waals surface area contributed by atoms with Crippen molar-refractivity contribution >= 4 is 5.91 Å². The van der Waals surface area contributed by atoms with Crippen LogP contribution in [-0.4, -0.2) is 36.2 Å². The fourth-order valence-corrected chi connectivity index (χ4v) is 1.07. The van der Waals surface area contributed by atoms with Crippen LogP contribution >= 0.6 is 0 Å². The molecule has 0 aromatic rings. The Bertz CT molecular complexity index is 138. The first kappa shape index (κ1) is 7.50. The average molecular weight is 144 g/mol. The first-order valence-electron chi connectivity index (χ1n) is 3.36. The van der Waals surface area contributed by atoms with Gasteiger partial charge in [-0.2, -0.15) is 0 Å². The molecule has 1 saturated heterocycles. The normalized spacial score (nSPS) is 32.2. The van der Waals surface area contributed by atoms with Gasteiger partial charge in [-0.15, -0.1) is 0 Å². The topological polar surface area (TPSA) is 61.4 Å². The van der Waals surface area contributed by atoms with E-state index in [2.05, 4.69) is 10.6 Å². The van der Waals surface area contributed by atoms with Crippen molar-refractivity contribution in [1.29, 1.82) is 0 Å². The number of aliphatic hydroxyl groups is 1. The molecule has 0 bridgehead atoms. The van der Waals surface area contributed by atoms with Crippen LogP contribution in [0.1, 0.15) is 6.92 Å². The number of hydrogen-bond donors (Lipinski definition) is 3. The van der Waals surface area contributed by atoms with E-state index in [9.17, 15) is 4.79 Å². The van der Waals surface area contributed by atoms with Crippen LogP contribution in [0, 0.1) is 0 Å². The van der Waals surface area contributed by atoms with Gasteiger partial charge in [0.1, 0.15) is 0 Å². The molecule has 1 amide bonds. The molecule has 0 unspecified atom stereocenters. The van der Waals surface area contributed by atoms with Crippen molar-refractivity contribution in [3.05, 3.63) is 0 Å². The van der Waals surface area contributed by atoms with E-state index in [0.717, 1.165) is 0 Å². The highest BCUT2D eigenvalue weighted by molar-refractivity contribution is 5.73. The molecule has 1 aliphatic heterocycles. The second-order valence-electron chi connectivity index (χ2n) is 2.53. The Morgan fingerprint density at radius 3 is 2.80 bits per heavy atom. The Labute approximate surface area is 59.6 Å². The standard InChI is InChI=1S/C6H12N2O2/c1-4(9)8-5-2-7-3-6(5)10/h5-7,10H,2-3H2,1H3,(H,8,9)/t5-,6-/m0/s1. The summed E-state index contributed by atoms with van der Waals surface area (Å²) in [6.07, 6.45) is -0.427. The SMILES string of the molecule is CC(=O)N[C@H]1CNC[C@@H]1O. The molecule has 1 rings (SSSR count). The summed E-state index contributed by atoms with van der Waals surface area (Å²) in [5.41, 5.74) is 0. The van der Waals surface area contributed by atoms with Gasteiger partial charge in [-0.3, -0.25) is 4.79 Å². The van der Waals surface area contributed by atoms with Crippen LogP contribution in [0.2, 0.25) is 0 Å². The Kier molecular flexibility index (Phi) is 2.24. The van der Waals surface area contributed by atoms with Gasteiger partial charge in [0.15, 0.2) is 0 Å². The number of amides is 1. The summed E-state index contributed by atoms with van der Waals surface area (Å²) in [5, 5.41) is 14.8. The number of rotatable bonds is 1. The van der Waals surface area contributed by atoms with E-state index >= 15 is 0 Å². The van der Waals surface area contributed by atoms with Crippen molar-refractivity contribution in [2.24, 2.45) is 0 Å². The highest BCUT2D eigenvalue weighted by Crippen LogP contribution is 1.97. The molecule has 1 fully saturated rings. The summed E-state index contributed by atoms with van der Waals surface area (Å²) in [5.74, 6) is -0.0900. The second-order valence-corrected chi connectivity index (χ2v) is 2.53. The third-order valence-electron chi connectivity index (χ3n) is 1.57. The maximum absolute atomic E-state index is 10.5. The molecule has 3 N–H and O–H groups in total. The molecule has 0 aliphatic carbocycles. The molecule has 1 aliphatic rings. The minimum Gasteiger partial charge on any atom is -0.390 e. The lowest BCUT2D eigenvalue weighted by atomic mass is 10.2. The first-order valence-corrected chi connectivity index (χ1v) is 3.36. The first-order chi connectivity index (χ1) is 4.70. The van der Waals surface area contributed by atoms with Crippen LogP contribution in [0.25, 0.3) is 0 Å². The summed E-state index contributed by atoms with van der Waals surface area (Å²) >= 11 is 0. The zero-order chi connectivity index (χ0) is 7.56. The predicted octanol–water partition coefficient (Wildman–Crippen LogP) is -1.54. The van der Waals surface area contributed by atoms with E-state index in [-0.39, 0.29) is 11.9 Å². The van der Waals surface area contributed by atoms with Gasteiger partial charge in [-0.05, 0) is 0 Å². The number of β-amino-alcohol motifs (C(OH)–C–C–N with tert-alkyl or cyclic N) is 1. The van der Waals surface area contributed by atoms with Crippen molar-refractivity contribution in [2.75, 3.05) is 13.1 Å². The Morgan fingerprint density at radius 2 is 2.40 bits per heavy atom. The molecule has 0 aromatic heterocycles. The van der Waals surface area contributed by atoms with Crippen molar-refractivity contribution in [2.45, 2.75) is 19.1 Å². The Hall–Kier alpha value is -0.610. The van der Waals surface area contributed by atoms with Crippen molar-refractivity contribution in [3.8, 4) is 0 Å². The average Bonchev–Trinajstić information content (AvgIpc) is 2.15. The van der Waals surface area contributed by atoms with Crippen molar-refractivity contribution < 1.29 is 9.90 Å². The fourth-order valence-electron chi connectivity index (χ4n) is 1.07. The van der Waals surface area contributed by atoms with Crippen LogP contribution in [0.15, 0.2) is 0 Å². The molecule has 0 spiro atoms. The minimum absolute atomic E-state index is 0.0900. The highest BCUT2D eigenvalue weighted by atomic mass is 16.3. The lowest BCUT2D eigenvalue weighted by Gasteiger charge is -2.12. The second kappa shape index (κ2) is 2.98. The highest BCUT2D eigenvalue weighted by Gasteiger charge is 2.24. The molecule has 10 heavy (non-hydrogen) atoms. The zero-order valence-electron chi connectivity index (χ0n) is 5.92. The summed E-state index contributed by atoms with van der Waals surface area (Å²) in [4.78, 5) is 10.5. The molecule has 4 nitrogen and oxygen atoms in total. The maximum atomic E-state index is 10.5. The van der Waals surface area contributed by atoms with Crippen LogP contribution in [-0.2, 0) is 4.79 Å². The molecule has 58 valence electrons. The van der Waals surface area contributed by atoms with E-state index in [1.165, 1.54) is 6.92 Å². The number of carbonyl (C=O) groups is 1. The van der Waals surface area contributed by atoms with Crippen LogP contribution in [0.3, 0.4) is 0 Å². The summed E-state index contributed by atoms with van der Waals surface area (Å²) in [7, 11) is 0. The van der Waals surface area contributed by atoms with E-state index in [1.807, 2.05) is 0 Å². The summed E-state index contributed by atoms with van der Waals surface area (Å²) < 4.78 is 0. The van der Waals surface area contributed by atoms with Gasteiger partial charge in [0, 0.05) is 20.0 Å². The molecule has 4 heteroatoms. The van der Waals surface area contributed by atoms with Gasteiger partial charge in [-0.25, -0.2) is 0 Å². The molecule has 2 atom stereocenters. The Morgan fingerprint density at radius 1 is 1.70 bits per heavy atom. The largest absolute Gasteiger partial charge is 0.390 e. The predicted molar refractivity (Wildman–Crippen MR) is 36.5 cm³/mol. The van der Waals surface area contributed by atoms with Gasteiger partial charge >= 0.3 is 0 Å². The van der Waals surface area contributed by atoms with Gasteiger partial charge < -0.3 is 15.7 Å². The Balaban J connectivity index is 2.33. The molecular formula is C6H12N2O2. The van der Waals surface area contributed by atoms with Crippen LogP contribution in [0.5, 0.6) is 0 Å². The number of aliphatic hydroxyl groups excluding tert-OH is 1. The lowest BCUT2D eigenvalue weighted by molar-refractivity contribution is -0.120. The van der Waals surface area contributed by atoms with Crippen LogP contribution in [0.4, 0.5) is 0 Å². The smallest absolute Gasteiger partial charge is 0.217 e. The molecular weight excluding hydrogens is 132 g/mol. The monoisotopic (exact) mass is 144 g/mol. The molecule has 0 saturated carbocycles. The fraction of sp³-hybridized carbons (Fsp3) is 0.833. The minimum atomic E-state index is -0.427. The molecule has 1 heterocycles. The van der Waals surface area contributed by atoms with Gasteiger partial charge in [-0.1, -0.05) is 0 Å². The quantitative estimate of drug-likeness (QED) is 0.418. The molecule has 0 radical (unpaired) electrons. The van der Waals surface area contributed by atoms with E-state index in [4.69, 9.17) is 5.11 Å². The van der Waals surface area contributed by atoms with Gasteiger partial charge in [0.2, 0.25) is 5.91 Å². The summed E-state index contributed by atoms with van der Waals surface area (Å²) in [6.45, 7) is 2.69. The molecule has 0 aromatic carbocycles.